The Balaban J connectivity index is 1.58. The predicted molar refractivity (Wildman–Crippen MR) is 132 cm³/mol. The smallest absolute Gasteiger partial charge is 0.149 e. The van der Waals surface area contributed by atoms with Crippen LogP contribution in [0.4, 0.5) is 13.2 Å². The van der Waals surface area contributed by atoms with Crippen LogP contribution in [0.15, 0.2) is 104 Å². The molecular formula is C30H15F3O3. The first-order chi connectivity index (χ1) is 17.6. The highest BCUT2D eigenvalue weighted by atomic mass is 19.1. The number of hydrogen-bond donors (Lipinski definition) is 0. The zero-order valence-corrected chi connectivity index (χ0v) is 18.5. The molecule has 0 aliphatic carbocycles. The van der Waals surface area contributed by atoms with Crippen molar-refractivity contribution in [2.75, 3.05) is 0 Å². The Morgan fingerprint density at radius 1 is 0.389 bits per heavy atom. The second kappa shape index (κ2) is 7.65. The van der Waals surface area contributed by atoms with Gasteiger partial charge in [-0.3, -0.25) is 0 Å². The molecule has 36 heavy (non-hydrogen) atoms. The fourth-order valence-electron chi connectivity index (χ4n) is 4.66. The lowest BCUT2D eigenvalue weighted by atomic mass is 10.1. The SMILES string of the molecule is Fc1ccccc1-c1cc2c(o1)c1cc(-c3ccccc3F)oc1c1cc(-c3ccccc3F)oc21. The van der Waals surface area contributed by atoms with Crippen molar-refractivity contribution >= 4 is 32.9 Å². The minimum absolute atomic E-state index is 0.286. The van der Waals surface area contributed by atoms with Crippen LogP contribution >= 0.6 is 0 Å². The monoisotopic (exact) mass is 480 g/mol. The van der Waals surface area contributed by atoms with E-state index < -0.39 is 17.5 Å². The van der Waals surface area contributed by atoms with E-state index in [2.05, 4.69) is 0 Å². The summed E-state index contributed by atoms with van der Waals surface area (Å²) in [6.07, 6.45) is 0. The van der Waals surface area contributed by atoms with E-state index in [0.717, 1.165) is 0 Å². The molecule has 6 heteroatoms. The van der Waals surface area contributed by atoms with E-state index in [-0.39, 0.29) is 16.7 Å². The number of rotatable bonds is 3. The van der Waals surface area contributed by atoms with Crippen molar-refractivity contribution in [1.82, 2.24) is 0 Å². The van der Waals surface area contributed by atoms with Crippen molar-refractivity contribution in [2.45, 2.75) is 0 Å². The number of halogens is 3. The first-order valence-electron chi connectivity index (χ1n) is 11.3. The van der Waals surface area contributed by atoms with Crippen molar-refractivity contribution in [2.24, 2.45) is 0 Å². The van der Waals surface area contributed by atoms with Crippen molar-refractivity contribution in [3.05, 3.63) is 108 Å². The highest BCUT2D eigenvalue weighted by Gasteiger charge is 2.24. The molecule has 0 saturated carbocycles. The fraction of sp³-hybridized carbons (Fsp3) is 0. The Morgan fingerprint density at radius 3 is 0.944 bits per heavy atom. The lowest BCUT2D eigenvalue weighted by molar-refractivity contribution is 0.599. The van der Waals surface area contributed by atoms with Gasteiger partial charge in [0.05, 0.1) is 32.8 Å². The molecule has 0 saturated heterocycles. The fourth-order valence-corrected chi connectivity index (χ4v) is 4.66. The topological polar surface area (TPSA) is 39.4 Å². The third-order valence-corrected chi connectivity index (χ3v) is 6.35. The summed E-state index contributed by atoms with van der Waals surface area (Å²) >= 11 is 0. The van der Waals surface area contributed by atoms with E-state index in [4.69, 9.17) is 13.3 Å². The molecule has 4 aromatic carbocycles. The summed E-state index contributed by atoms with van der Waals surface area (Å²) in [5.74, 6) is -0.405. The van der Waals surface area contributed by atoms with Crippen molar-refractivity contribution < 1.29 is 26.4 Å². The van der Waals surface area contributed by atoms with E-state index in [1.807, 2.05) is 0 Å². The molecule has 0 N–H and O–H groups in total. The molecule has 3 nitrogen and oxygen atoms in total. The van der Waals surface area contributed by atoms with Crippen LogP contribution in [0.3, 0.4) is 0 Å². The lowest BCUT2D eigenvalue weighted by Gasteiger charge is -1.97. The van der Waals surface area contributed by atoms with Gasteiger partial charge in [0.1, 0.15) is 51.5 Å². The molecule has 0 amide bonds. The highest BCUT2D eigenvalue weighted by molar-refractivity contribution is 6.22. The summed E-state index contributed by atoms with van der Waals surface area (Å²) < 4.78 is 62.2. The van der Waals surface area contributed by atoms with Crippen LogP contribution in [0, 0.1) is 17.5 Å². The Bertz CT molecular complexity index is 1620. The molecule has 7 rings (SSSR count). The van der Waals surface area contributed by atoms with Crippen molar-refractivity contribution in [3.63, 3.8) is 0 Å². The van der Waals surface area contributed by atoms with E-state index >= 15 is 0 Å². The summed E-state index contributed by atoms with van der Waals surface area (Å²) in [5, 5.41) is 1.71. The summed E-state index contributed by atoms with van der Waals surface area (Å²) in [5.41, 5.74) is 2.06. The van der Waals surface area contributed by atoms with Crippen LogP contribution < -0.4 is 0 Å². The van der Waals surface area contributed by atoms with Gasteiger partial charge in [-0.15, -0.1) is 0 Å². The van der Waals surface area contributed by atoms with Gasteiger partial charge >= 0.3 is 0 Å². The third kappa shape index (κ3) is 3.01. The zero-order valence-electron chi connectivity index (χ0n) is 18.5. The Morgan fingerprint density at radius 2 is 0.667 bits per heavy atom. The van der Waals surface area contributed by atoms with Crippen LogP contribution in [-0.4, -0.2) is 0 Å². The molecular weight excluding hydrogens is 465 g/mol. The van der Waals surface area contributed by atoms with E-state index in [9.17, 15) is 13.2 Å². The first-order valence-corrected chi connectivity index (χ1v) is 11.3. The second-order valence-electron chi connectivity index (χ2n) is 8.50. The molecule has 3 heterocycles. The van der Waals surface area contributed by atoms with Crippen LogP contribution in [0.25, 0.3) is 66.9 Å². The molecule has 0 aliphatic heterocycles. The molecule has 3 aromatic heterocycles. The molecule has 0 aliphatic rings. The largest absolute Gasteiger partial charge is 0.455 e. The molecule has 0 unspecified atom stereocenters. The quantitative estimate of drug-likeness (QED) is 0.253. The van der Waals surface area contributed by atoms with Crippen LogP contribution in [0.2, 0.25) is 0 Å². The van der Waals surface area contributed by atoms with Gasteiger partial charge < -0.3 is 13.3 Å². The predicted octanol–water partition coefficient (Wildman–Crippen LogP) is 9.34. The third-order valence-electron chi connectivity index (χ3n) is 6.35. The molecule has 0 atom stereocenters. The van der Waals surface area contributed by atoms with E-state index in [1.165, 1.54) is 18.2 Å². The summed E-state index contributed by atoms with van der Waals surface area (Å²) in [6.45, 7) is 0. The number of hydrogen-bond acceptors (Lipinski definition) is 3. The maximum atomic E-state index is 14.6. The van der Waals surface area contributed by atoms with Crippen molar-refractivity contribution in [3.8, 4) is 34.0 Å². The standard InChI is InChI=1S/C30H15F3O3/c31-22-10-4-1-7-16(22)25-13-19-28(34-25)20-14-26(17-8-2-5-11-23(17)32)36-30(20)21-15-27(35-29(19)21)18-9-3-6-12-24(18)33/h1-15H. The maximum absolute atomic E-state index is 14.6. The van der Waals surface area contributed by atoms with Gasteiger partial charge in [0, 0.05) is 0 Å². The van der Waals surface area contributed by atoms with Crippen LogP contribution in [-0.2, 0) is 0 Å². The van der Waals surface area contributed by atoms with E-state index in [1.54, 1.807) is 72.8 Å². The van der Waals surface area contributed by atoms with Gasteiger partial charge in [-0.2, -0.15) is 0 Å². The summed E-state index contributed by atoms with van der Waals surface area (Å²) in [4.78, 5) is 0. The van der Waals surface area contributed by atoms with Crippen LogP contribution in [0.1, 0.15) is 0 Å². The van der Waals surface area contributed by atoms with Gasteiger partial charge in [0.2, 0.25) is 0 Å². The molecule has 0 fully saturated rings. The molecule has 0 spiro atoms. The van der Waals surface area contributed by atoms with Gasteiger partial charge in [0.15, 0.2) is 0 Å². The molecule has 174 valence electrons. The highest BCUT2D eigenvalue weighted by Crippen LogP contribution is 2.45. The Hall–Kier alpha value is -4.71. The number of benzene rings is 4. The van der Waals surface area contributed by atoms with Gasteiger partial charge in [-0.25, -0.2) is 13.2 Å². The van der Waals surface area contributed by atoms with E-state index in [0.29, 0.717) is 50.2 Å². The minimum Gasteiger partial charge on any atom is -0.455 e. The summed E-state index contributed by atoms with van der Waals surface area (Å²) in [7, 11) is 0. The van der Waals surface area contributed by atoms with Crippen molar-refractivity contribution in [1.29, 1.82) is 0 Å². The van der Waals surface area contributed by atoms with Gasteiger partial charge in [-0.05, 0) is 54.6 Å². The Labute approximate surface area is 202 Å². The molecule has 7 aromatic rings. The summed E-state index contributed by atoms with van der Waals surface area (Å²) in [6, 6.07) is 23.9. The average Bonchev–Trinajstić information content (AvgIpc) is 3.61. The lowest BCUT2D eigenvalue weighted by Crippen LogP contribution is -1.79. The van der Waals surface area contributed by atoms with Gasteiger partial charge in [-0.1, -0.05) is 36.4 Å². The first kappa shape index (κ1) is 20.6. The zero-order chi connectivity index (χ0) is 24.4. The average molecular weight is 480 g/mol. The normalized spacial score (nSPS) is 11.8. The second-order valence-corrected chi connectivity index (χ2v) is 8.50. The molecule has 0 radical (unpaired) electrons. The van der Waals surface area contributed by atoms with Gasteiger partial charge in [0.25, 0.3) is 0 Å². The van der Waals surface area contributed by atoms with Crippen LogP contribution in [0.5, 0.6) is 0 Å². The maximum Gasteiger partial charge on any atom is 0.149 e. The molecule has 0 bridgehead atoms. The number of furan rings is 3. The number of fused-ring (bicyclic) bond motifs is 6. The Kier molecular flexibility index (Phi) is 4.39. The minimum atomic E-state index is -0.435.